The first-order valence-electron chi connectivity index (χ1n) is 8.42. The number of halogens is 1. The molecule has 25 heavy (non-hydrogen) atoms. The van der Waals surface area contributed by atoms with Crippen LogP contribution in [-0.4, -0.2) is 13.2 Å². The molecular weight excluding hydrogens is 317 g/mol. The third-order valence-electron chi connectivity index (χ3n) is 4.35. The fraction of sp³-hybridized carbons (Fsp3) is 0.286. The number of hydrogen-bond acceptors (Lipinski definition) is 3. The van der Waals surface area contributed by atoms with E-state index in [1.54, 1.807) is 25.3 Å². The minimum Gasteiger partial charge on any atom is -0.493 e. The number of nitrogens with zero attached hydrogens (tertiary/aromatic N) is 1. The molecule has 2 aromatic rings. The summed E-state index contributed by atoms with van der Waals surface area (Å²) >= 11 is 0. The number of allylic oxidation sites excluding steroid dienone is 1. The van der Waals surface area contributed by atoms with Gasteiger partial charge in [-0.3, -0.25) is 0 Å². The van der Waals surface area contributed by atoms with Crippen LogP contribution in [0.15, 0.2) is 42.5 Å². The summed E-state index contributed by atoms with van der Waals surface area (Å²) in [5.41, 5.74) is 1.77. The molecule has 1 aliphatic rings. The van der Waals surface area contributed by atoms with Gasteiger partial charge in [-0.25, -0.2) is 4.39 Å². The highest BCUT2D eigenvalue weighted by atomic mass is 19.1. The molecule has 3 nitrogen and oxygen atoms in total. The minimum absolute atomic E-state index is 0.215. The van der Waals surface area contributed by atoms with Gasteiger partial charge in [0.05, 0.1) is 24.9 Å². The molecule has 3 rings (SSSR count). The smallest absolute Gasteiger partial charge is 0.162 e. The Morgan fingerprint density at radius 2 is 1.96 bits per heavy atom. The highest BCUT2D eigenvalue weighted by molar-refractivity contribution is 5.89. The Labute approximate surface area is 147 Å². The third-order valence-corrected chi connectivity index (χ3v) is 4.35. The maximum absolute atomic E-state index is 13.4. The molecule has 0 atom stereocenters. The first kappa shape index (κ1) is 17.0. The molecule has 0 bridgehead atoms. The van der Waals surface area contributed by atoms with Crippen LogP contribution in [0, 0.1) is 17.1 Å². The summed E-state index contributed by atoms with van der Waals surface area (Å²) in [5, 5.41) is 9.43. The standard InChI is InChI=1S/C21H20FNO2/c1-24-20-10-9-15(12-21(20)25-19-7-2-3-8-19)11-17(14-23)16-5-4-6-18(22)13-16/h4-6,9-13,19H,2-3,7-8H2,1H3/b17-11+. The molecule has 0 unspecified atom stereocenters. The van der Waals surface area contributed by atoms with E-state index in [2.05, 4.69) is 6.07 Å². The average Bonchev–Trinajstić information content (AvgIpc) is 3.13. The summed E-state index contributed by atoms with van der Waals surface area (Å²) in [7, 11) is 1.61. The zero-order valence-electron chi connectivity index (χ0n) is 14.2. The van der Waals surface area contributed by atoms with Crippen LogP contribution in [0.3, 0.4) is 0 Å². The fourth-order valence-corrected chi connectivity index (χ4v) is 3.06. The maximum Gasteiger partial charge on any atom is 0.162 e. The quantitative estimate of drug-likeness (QED) is 0.555. The van der Waals surface area contributed by atoms with Gasteiger partial charge in [0, 0.05) is 0 Å². The van der Waals surface area contributed by atoms with E-state index in [0.29, 0.717) is 22.6 Å². The van der Waals surface area contributed by atoms with Crippen molar-refractivity contribution in [2.75, 3.05) is 7.11 Å². The second-order valence-electron chi connectivity index (χ2n) is 6.11. The zero-order chi connectivity index (χ0) is 17.6. The molecule has 128 valence electrons. The summed E-state index contributed by atoms with van der Waals surface area (Å²) in [4.78, 5) is 0. The van der Waals surface area contributed by atoms with Crippen molar-refractivity contribution in [2.45, 2.75) is 31.8 Å². The van der Waals surface area contributed by atoms with E-state index in [9.17, 15) is 9.65 Å². The summed E-state index contributed by atoms with van der Waals surface area (Å²) in [6, 6.07) is 13.7. The predicted molar refractivity (Wildman–Crippen MR) is 95.8 cm³/mol. The Bertz CT molecular complexity index is 817. The molecule has 1 fully saturated rings. The first-order chi connectivity index (χ1) is 12.2. The van der Waals surface area contributed by atoms with Crippen LogP contribution in [0.5, 0.6) is 11.5 Å². The van der Waals surface area contributed by atoms with Crippen molar-refractivity contribution < 1.29 is 13.9 Å². The van der Waals surface area contributed by atoms with Gasteiger partial charge in [0.1, 0.15) is 5.82 Å². The van der Waals surface area contributed by atoms with Gasteiger partial charge in [0.25, 0.3) is 0 Å². The van der Waals surface area contributed by atoms with Gasteiger partial charge in [0.15, 0.2) is 11.5 Å². The molecule has 0 N–H and O–H groups in total. The summed E-state index contributed by atoms with van der Waals surface area (Å²) in [6.07, 6.45) is 6.42. The largest absolute Gasteiger partial charge is 0.493 e. The minimum atomic E-state index is -0.362. The fourth-order valence-electron chi connectivity index (χ4n) is 3.06. The Morgan fingerprint density at radius 1 is 1.16 bits per heavy atom. The van der Waals surface area contributed by atoms with Gasteiger partial charge >= 0.3 is 0 Å². The molecule has 0 aliphatic heterocycles. The SMILES string of the molecule is COc1ccc(/C=C(\C#N)c2cccc(F)c2)cc1OC1CCCC1. The Balaban J connectivity index is 1.91. The summed E-state index contributed by atoms with van der Waals surface area (Å²) in [5.74, 6) is 0.992. The average molecular weight is 337 g/mol. The van der Waals surface area contributed by atoms with Gasteiger partial charge in [0.2, 0.25) is 0 Å². The number of nitriles is 1. The van der Waals surface area contributed by atoms with Crippen molar-refractivity contribution >= 4 is 11.6 Å². The third kappa shape index (κ3) is 4.19. The lowest BCUT2D eigenvalue weighted by Gasteiger charge is -2.16. The van der Waals surface area contributed by atoms with Crippen LogP contribution in [0.25, 0.3) is 11.6 Å². The number of rotatable bonds is 5. The van der Waals surface area contributed by atoms with Gasteiger partial charge in [-0.2, -0.15) is 5.26 Å². The van der Waals surface area contributed by atoms with Crippen molar-refractivity contribution in [2.24, 2.45) is 0 Å². The van der Waals surface area contributed by atoms with E-state index in [4.69, 9.17) is 9.47 Å². The summed E-state index contributed by atoms with van der Waals surface area (Å²) in [6.45, 7) is 0. The predicted octanol–water partition coefficient (Wildman–Crippen LogP) is 5.22. The Kier molecular flexibility index (Phi) is 5.35. The number of methoxy groups -OCH3 is 1. The Morgan fingerprint density at radius 3 is 2.64 bits per heavy atom. The molecule has 0 saturated heterocycles. The normalized spacial score (nSPS) is 15.0. The van der Waals surface area contributed by atoms with E-state index in [1.165, 1.54) is 25.0 Å². The van der Waals surface area contributed by atoms with Crippen molar-refractivity contribution in [1.82, 2.24) is 0 Å². The van der Waals surface area contributed by atoms with Crippen molar-refractivity contribution in [3.63, 3.8) is 0 Å². The second kappa shape index (κ2) is 7.85. The lowest BCUT2D eigenvalue weighted by Crippen LogP contribution is -2.11. The highest BCUT2D eigenvalue weighted by Crippen LogP contribution is 2.33. The van der Waals surface area contributed by atoms with Crippen LogP contribution in [0.4, 0.5) is 4.39 Å². The van der Waals surface area contributed by atoms with Crippen molar-refractivity contribution in [3.8, 4) is 17.6 Å². The second-order valence-corrected chi connectivity index (χ2v) is 6.11. The number of benzene rings is 2. The van der Waals surface area contributed by atoms with Crippen LogP contribution in [-0.2, 0) is 0 Å². The van der Waals surface area contributed by atoms with E-state index >= 15 is 0 Å². The van der Waals surface area contributed by atoms with Gasteiger partial charge in [-0.15, -0.1) is 0 Å². The van der Waals surface area contributed by atoms with Gasteiger partial charge in [-0.05, 0) is 67.2 Å². The molecule has 4 heteroatoms. The molecular formula is C21H20FNO2. The molecule has 1 aliphatic carbocycles. The summed E-state index contributed by atoms with van der Waals surface area (Å²) < 4.78 is 24.9. The molecule has 0 aromatic heterocycles. The lowest BCUT2D eigenvalue weighted by molar-refractivity contribution is 0.201. The molecule has 2 aromatic carbocycles. The monoisotopic (exact) mass is 337 g/mol. The maximum atomic E-state index is 13.4. The zero-order valence-corrected chi connectivity index (χ0v) is 14.2. The topological polar surface area (TPSA) is 42.2 Å². The molecule has 0 radical (unpaired) electrons. The van der Waals surface area contributed by atoms with Crippen molar-refractivity contribution in [3.05, 3.63) is 59.4 Å². The van der Waals surface area contributed by atoms with Gasteiger partial charge < -0.3 is 9.47 Å². The molecule has 1 saturated carbocycles. The van der Waals surface area contributed by atoms with Gasteiger partial charge in [-0.1, -0.05) is 18.2 Å². The number of hydrogen-bond donors (Lipinski definition) is 0. The van der Waals surface area contributed by atoms with Crippen LogP contribution in [0.2, 0.25) is 0 Å². The van der Waals surface area contributed by atoms with E-state index in [1.807, 2.05) is 18.2 Å². The molecule has 0 amide bonds. The lowest BCUT2D eigenvalue weighted by atomic mass is 10.0. The van der Waals surface area contributed by atoms with Crippen LogP contribution < -0.4 is 9.47 Å². The van der Waals surface area contributed by atoms with E-state index in [0.717, 1.165) is 18.4 Å². The van der Waals surface area contributed by atoms with E-state index in [-0.39, 0.29) is 11.9 Å². The Hall–Kier alpha value is -2.80. The number of ether oxygens (including phenoxy) is 2. The van der Waals surface area contributed by atoms with Crippen molar-refractivity contribution in [1.29, 1.82) is 5.26 Å². The van der Waals surface area contributed by atoms with E-state index < -0.39 is 0 Å². The highest BCUT2D eigenvalue weighted by Gasteiger charge is 2.18. The molecule has 0 heterocycles. The van der Waals surface area contributed by atoms with Crippen LogP contribution >= 0.6 is 0 Å². The molecule has 0 spiro atoms. The first-order valence-corrected chi connectivity index (χ1v) is 8.42. The van der Waals surface area contributed by atoms with Crippen LogP contribution in [0.1, 0.15) is 36.8 Å².